The Morgan fingerprint density at radius 1 is 1.11 bits per heavy atom. The second-order valence-corrected chi connectivity index (χ2v) is 5.77. The summed E-state index contributed by atoms with van der Waals surface area (Å²) < 4.78 is 17.3. The molecule has 0 amide bonds. The standard InChI is InChI=1S/C15H15O3P/c1-2-12-18-19(16,17)15-11-7-6-10-14(15)13-8-4-3-5-9-13/h2-11H,1,12H2,(H,16,17). The highest BCUT2D eigenvalue weighted by molar-refractivity contribution is 7.61. The highest BCUT2D eigenvalue weighted by Crippen LogP contribution is 2.43. The van der Waals surface area contributed by atoms with Gasteiger partial charge in [0.2, 0.25) is 0 Å². The van der Waals surface area contributed by atoms with Crippen LogP contribution in [0.15, 0.2) is 67.3 Å². The van der Waals surface area contributed by atoms with Gasteiger partial charge < -0.3 is 9.42 Å². The van der Waals surface area contributed by atoms with Gasteiger partial charge >= 0.3 is 7.60 Å². The maximum Gasteiger partial charge on any atom is 0.359 e. The van der Waals surface area contributed by atoms with Crippen LogP contribution in [0.5, 0.6) is 0 Å². The molecule has 0 bridgehead atoms. The van der Waals surface area contributed by atoms with Gasteiger partial charge in [0.25, 0.3) is 0 Å². The van der Waals surface area contributed by atoms with E-state index >= 15 is 0 Å². The van der Waals surface area contributed by atoms with E-state index in [1.807, 2.05) is 42.5 Å². The van der Waals surface area contributed by atoms with Gasteiger partial charge in [-0.25, -0.2) is 0 Å². The highest BCUT2D eigenvalue weighted by Gasteiger charge is 2.25. The molecule has 0 aliphatic carbocycles. The Balaban J connectivity index is 2.48. The Kier molecular flexibility index (Phi) is 4.33. The molecule has 0 aliphatic heterocycles. The van der Waals surface area contributed by atoms with E-state index in [4.69, 9.17) is 4.52 Å². The lowest BCUT2D eigenvalue weighted by atomic mass is 10.1. The summed E-state index contributed by atoms with van der Waals surface area (Å²) in [5.74, 6) is 0. The van der Waals surface area contributed by atoms with Crippen LogP contribution in [0.25, 0.3) is 11.1 Å². The van der Waals surface area contributed by atoms with Gasteiger partial charge in [-0.05, 0) is 17.2 Å². The minimum atomic E-state index is -3.84. The normalized spacial score (nSPS) is 13.7. The van der Waals surface area contributed by atoms with Crippen molar-refractivity contribution in [2.24, 2.45) is 0 Å². The summed E-state index contributed by atoms with van der Waals surface area (Å²) in [4.78, 5) is 10.0. The molecular formula is C15H15O3P. The molecule has 2 aromatic rings. The second kappa shape index (κ2) is 5.98. The van der Waals surface area contributed by atoms with E-state index in [0.717, 1.165) is 5.56 Å². The molecule has 0 spiro atoms. The van der Waals surface area contributed by atoms with Gasteiger partial charge in [0, 0.05) is 0 Å². The van der Waals surface area contributed by atoms with Crippen LogP contribution in [-0.4, -0.2) is 11.5 Å². The molecule has 19 heavy (non-hydrogen) atoms. The summed E-state index contributed by atoms with van der Waals surface area (Å²) in [6.45, 7) is 3.52. The minimum Gasteiger partial charge on any atom is -0.321 e. The molecule has 4 heteroatoms. The summed E-state index contributed by atoms with van der Waals surface area (Å²) >= 11 is 0. The molecule has 2 aromatic carbocycles. The molecule has 3 nitrogen and oxygen atoms in total. The van der Waals surface area contributed by atoms with Crippen LogP contribution in [0.2, 0.25) is 0 Å². The molecule has 1 N–H and O–H groups in total. The van der Waals surface area contributed by atoms with Crippen LogP contribution in [0.4, 0.5) is 0 Å². The Hall–Kier alpha value is -1.67. The molecular weight excluding hydrogens is 259 g/mol. The second-order valence-electron chi connectivity index (χ2n) is 3.99. The number of benzene rings is 2. The molecule has 0 aromatic heterocycles. The Labute approximate surface area is 112 Å². The van der Waals surface area contributed by atoms with Gasteiger partial charge in [-0.15, -0.1) is 6.58 Å². The average Bonchev–Trinajstić information content (AvgIpc) is 2.46. The lowest BCUT2D eigenvalue weighted by Gasteiger charge is -2.15. The zero-order chi connectivity index (χ0) is 13.7. The van der Waals surface area contributed by atoms with E-state index < -0.39 is 7.60 Å². The fraction of sp³-hybridized carbons (Fsp3) is 0.0667. The quantitative estimate of drug-likeness (QED) is 0.671. The number of rotatable bonds is 5. The van der Waals surface area contributed by atoms with Gasteiger partial charge in [0.1, 0.15) is 0 Å². The lowest BCUT2D eigenvalue weighted by molar-refractivity contribution is 0.298. The topological polar surface area (TPSA) is 46.5 Å². The summed E-state index contributed by atoms with van der Waals surface area (Å²) in [7, 11) is -3.84. The SMILES string of the molecule is C=CCOP(=O)(O)c1ccccc1-c1ccccc1. The van der Waals surface area contributed by atoms with Gasteiger partial charge in [0.15, 0.2) is 0 Å². The third-order valence-corrected chi connectivity index (χ3v) is 4.16. The monoisotopic (exact) mass is 274 g/mol. The van der Waals surface area contributed by atoms with Crippen molar-refractivity contribution in [3.05, 3.63) is 67.3 Å². The van der Waals surface area contributed by atoms with E-state index in [-0.39, 0.29) is 6.61 Å². The maximum atomic E-state index is 12.3. The van der Waals surface area contributed by atoms with E-state index in [0.29, 0.717) is 10.9 Å². The van der Waals surface area contributed by atoms with Crippen LogP contribution in [0.3, 0.4) is 0 Å². The van der Waals surface area contributed by atoms with Gasteiger partial charge in [-0.3, -0.25) is 4.57 Å². The van der Waals surface area contributed by atoms with E-state index in [1.54, 1.807) is 12.1 Å². The highest BCUT2D eigenvalue weighted by atomic mass is 31.2. The third kappa shape index (κ3) is 3.21. The molecule has 1 unspecified atom stereocenters. The summed E-state index contributed by atoms with van der Waals surface area (Å²) in [6, 6.07) is 16.5. The minimum absolute atomic E-state index is 0.0386. The van der Waals surface area contributed by atoms with E-state index in [2.05, 4.69) is 6.58 Å². The van der Waals surface area contributed by atoms with E-state index in [1.165, 1.54) is 6.08 Å². The first-order valence-electron chi connectivity index (χ1n) is 5.88. The van der Waals surface area contributed by atoms with Crippen LogP contribution >= 0.6 is 7.60 Å². The molecule has 0 fully saturated rings. The van der Waals surface area contributed by atoms with Gasteiger partial charge in [0.05, 0.1) is 11.9 Å². The molecule has 98 valence electrons. The van der Waals surface area contributed by atoms with E-state index in [9.17, 15) is 9.46 Å². The van der Waals surface area contributed by atoms with Crippen molar-refractivity contribution in [1.29, 1.82) is 0 Å². The van der Waals surface area contributed by atoms with Gasteiger partial charge in [-0.1, -0.05) is 54.6 Å². The van der Waals surface area contributed by atoms with Crippen molar-refractivity contribution in [2.45, 2.75) is 0 Å². The summed E-state index contributed by atoms with van der Waals surface area (Å²) in [5, 5.41) is 0.308. The van der Waals surface area contributed by atoms with Gasteiger partial charge in [-0.2, -0.15) is 0 Å². The first-order chi connectivity index (χ1) is 9.15. The first kappa shape index (κ1) is 13.8. The molecule has 0 saturated heterocycles. The van der Waals surface area contributed by atoms with Crippen LogP contribution in [-0.2, 0) is 9.09 Å². The largest absolute Gasteiger partial charge is 0.359 e. The smallest absolute Gasteiger partial charge is 0.321 e. The van der Waals surface area contributed by atoms with Crippen LogP contribution < -0.4 is 5.30 Å². The predicted molar refractivity (Wildman–Crippen MR) is 77.5 cm³/mol. The van der Waals surface area contributed by atoms with Crippen molar-refractivity contribution >= 4 is 12.9 Å². The van der Waals surface area contributed by atoms with Crippen LogP contribution in [0, 0.1) is 0 Å². The maximum absolute atomic E-state index is 12.3. The molecule has 0 heterocycles. The molecule has 0 aliphatic rings. The summed E-state index contributed by atoms with van der Waals surface area (Å²) in [6.07, 6.45) is 1.45. The van der Waals surface area contributed by atoms with Crippen molar-refractivity contribution in [3.8, 4) is 11.1 Å². The molecule has 2 rings (SSSR count). The molecule has 1 atom stereocenters. The predicted octanol–water partition coefficient (Wildman–Crippen LogP) is 3.37. The first-order valence-corrected chi connectivity index (χ1v) is 7.46. The number of hydrogen-bond acceptors (Lipinski definition) is 2. The van der Waals surface area contributed by atoms with Crippen molar-refractivity contribution in [3.63, 3.8) is 0 Å². The van der Waals surface area contributed by atoms with Crippen molar-refractivity contribution in [2.75, 3.05) is 6.61 Å². The van der Waals surface area contributed by atoms with Crippen molar-refractivity contribution in [1.82, 2.24) is 0 Å². The fourth-order valence-corrected chi connectivity index (χ4v) is 3.03. The Morgan fingerprint density at radius 3 is 2.42 bits per heavy atom. The Morgan fingerprint density at radius 2 is 1.74 bits per heavy atom. The zero-order valence-electron chi connectivity index (χ0n) is 10.4. The Bertz CT molecular complexity index is 608. The number of hydrogen-bond donors (Lipinski definition) is 1. The molecule has 0 saturated carbocycles. The third-order valence-electron chi connectivity index (χ3n) is 2.66. The molecule has 0 radical (unpaired) electrons. The fourth-order valence-electron chi connectivity index (χ4n) is 1.81. The lowest BCUT2D eigenvalue weighted by Crippen LogP contribution is -2.10. The summed E-state index contributed by atoms with van der Waals surface area (Å²) in [5.41, 5.74) is 1.59. The van der Waals surface area contributed by atoms with Crippen molar-refractivity contribution < 1.29 is 14.0 Å². The van der Waals surface area contributed by atoms with Crippen LogP contribution in [0.1, 0.15) is 0 Å². The zero-order valence-corrected chi connectivity index (χ0v) is 11.3. The average molecular weight is 274 g/mol.